The van der Waals surface area contributed by atoms with Gasteiger partial charge in [0.2, 0.25) is 0 Å². The van der Waals surface area contributed by atoms with E-state index in [4.69, 9.17) is 4.74 Å². The van der Waals surface area contributed by atoms with Crippen molar-refractivity contribution in [3.05, 3.63) is 12.2 Å². The number of hydrogen-bond donors (Lipinski definition) is 0. The van der Waals surface area contributed by atoms with E-state index < -0.39 is 33.5 Å². The van der Waals surface area contributed by atoms with E-state index in [1.54, 1.807) is 26.8 Å². The number of carbonyl (C=O) groups excluding carboxylic acids is 1. The Bertz CT molecular complexity index is 536. The quantitative estimate of drug-likeness (QED) is 0.437. The number of carbonyl (C=O) groups is 1. The van der Waals surface area contributed by atoms with Gasteiger partial charge in [0.1, 0.15) is 5.60 Å². The van der Waals surface area contributed by atoms with Crippen LogP contribution < -0.4 is 0 Å². The molecule has 1 amide bonds. The zero-order chi connectivity index (χ0) is 17.2. The Labute approximate surface area is 127 Å². The molecule has 22 heavy (non-hydrogen) atoms. The third-order valence-electron chi connectivity index (χ3n) is 2.55. The van der Waals surface area contributed by atoms with Crippen LogP contribution in [0.3, 0.4) is 0 Å². The Morgan fingerprint density at radius 1 is 1.23 bits per heavy atom. The summed E-state index contributed by atoms with van der Waals surface area (Å²) in [4.78, 5) is 12.8. The van der Waals surface area contributed by atoms with Gasteiger partial charge >= 0.3 is 21.7 Å². The highest BCUT2D eigenvalue weighted by Gasteiger charge is 2.49. The van der Waals surface area contributed by atoms with Crippen molar-refractivity contribution in [2.24, 2.45) is 0 Å². The summed E-state index contributed by atoms with van der Waals surface area (Å²) in [6.45, 7) is 4.65. The minimum Gasteiger partial charge on any atom is -0.444 e. The van der Waals surface area contributed by atoms with Crippen LogP contribution in [-0.4, -0.2) is 43.3 Å². The van der Waals surface area contributed by atoms with E-state index >= 15 is 0 Å². The van der Waals surface area contributed by atoms with Gasteiger partial charge < -0.3 is 4.74 Å². The van der Waals surface area contributed by atoms with Gasteiger partial charge in [-0.25, -0.2) is 8.98 Å². The lowest BCUT2D eigenvalue weighted by atomic mass is 10.2. The number of alkyl halides is 3. The van der Waals surface area contributed by atoms with E-state index in [1.165, 1.54) is 6.08 Å². The predicted octanol–water partition coefficient (Wildman–Crippen LogP) is 2.77. The zero-order valence-corrected chi connectivity index (χ0v) is 13.2. The topological polar surface area (TPSA) is 72.9 Å². The molecule has 0 saturated heterocycles. The van der Waals surface area contributed by atoms with Crippen LogP contribution in [0, 0.1) is 0 Å². The van der Waals surface area contributed by atoms with E-state index in [2.05, 4.69) is 4.18 Å². The summed E-state index contributed by atoms with van der Waals surface area (Å²) in [7, 11) is -5.80. The second-order valence-corrected chi connectivity index (χ2v) is 7.20. The summed E-state index contributed by atoms with van der Waals surface area (Å²) in [5.41, 5.74) is -6.42. The lowest BCUT2D eigenvalue weighted by molar-refractivity contribution is -0.0689. The highest BCUT2D eigenvalue weighted by atomic mass is 32.2. The highest BCUT2D eigenvalue weighted by Crippen LogP contribution is 2.28. The summed E-state index contributed by atoms with van der Waals surface area (Å²) in [6.07, 6.45) is 0.828. The van der Waals surface area contributed by atoms with Crippen LogP contribution in [0.2, 0.25) is 0 Å². The van der Waals surface area contributed by atoms with Crippen molar-refractivity contribution in [2.75, 3.05) is 6.54 Å². The molecule has 0 aromatic carbocycles. The fourth-order valence-electron chi connectivity index (χ4n) is 1.63. The van der Waals surface area contributed by atoms with Crippen LogP contribution in [0.25, 0.3) is 0 Å². The second-order valence-electron chi connectivity index (χ2n) is 5.63. The van der Waals surface area contributed by atoms with E-state index in [0.29, 0.717) is 0 Å². The van der Waals surface area contributed by atoms with Crippen LogP contribution in [0.1, 0.15) is 33.6 Å². The van der Waals surface area contributed by atoms with Crippen LogP contribution in [0.4, 0.5) is 18.0 Å². The molecule has 6 nitrogen and oxygen atoms in total. The van der Waals surface area contributed by atoms with Crippen LogP contribution in [0.5, 0.6) is 0 Å². The van der Waals surface area contributed by atoms with Crippen LogP contribution in [0.15, 0.2) is 12.2 Å². The molecule has 1 atom stereocenters. The van der Waals surface area contributed by atoms with Gasteiger partial charge in [0.15, 0.2) is 6.23 Å². The maximum Gasteiger partial charge on any atom is 0.523 e. The predicted molar refractivity (Wildman–Crippen MR) is 71.2 cm³/mol. The Morgan fingerprint density at radius 3 is 2.32 bits per heavy atom. The zero-order valence-electron chi connectivity index (χ0n) is 12.4. The first-order valence-electron chi connectivity index (χ1n) is 6.48. The molecule has 1 heterocycles. The number of allylic oxidation sites excluding steroid dienone is 1. The minimum atomic E-state index is -5.80. The monoisotopic (exact) mass is 345 g/mol. The van der Waals surface area contributed by atoms with Gasteiger partial charge in [-0.1, -0.05) is 12.2 Å². The number of nitrogens with zero attached hydrogens (tertiary/aromatic N) is 1. The Morgan fingerprint density at radius 2 is 1.82 bits per heavy atom. The molecule has 0 aliphatic carbocycles. The largest absolute Gasteiger partial charge is 0.523 e. The number of ether oxygens (including phenoxy) is 1. The van der Waals surface area contributed by atoms with Crippen molar-refractivity contribution in [2.45, 2.75) is 51.0 Å². The van der Waals surface area contributed by atoms with Gasteiger partial charge in [-0.2, -0.15) is 21.6 Å². The molecule has 0 bridgehead atoms. The first-order valence-corrected chi connectivity index (χ1v) is 7.88. The molecule has 0 spiro atoms. The molecule has 1 aliphatic rings. The maximum atomic E-state index is 12.4. The van der Waals surface area contributed by atoms with Crippen molar-refractivity contribution in [1.82, 2.24) is 4.90 Å². The Kier molecular flexibility index (Phi) is 5.50. The fourth-order valence-corrected chi connectivity index (χ4v) is 2.23. The van der Waals surface area contributed by atoms with Crippen molar-refractivity contribution < 1.29 is 35.3 Å². The molecule has 0 aromatic heterocycles. The van der Waals surface area contributed by atoms with Crippen LogP contribution >= 0.6 is 0 Å². The van der Waals surface area contributed by atoms with Gasteiger partial charge in [-0.3, -0.25) is 4.90 Å². The molecule has 0 radical (unpaired) electrons. The molecular weight excluding hydrogens is 327 g/mol. The second kappa shape index (κ2) is 6.45. The summed E-state index contributed by atoms with van der Waals surface area (Å²) in [5, 5.41) is 0. The van der Waals surface area contributed by atoms with Gasteiger partial charge in [-0.05, 0) is 33.6 Å². The third kappa shape index (κ3) is 5.16. The molecule has 10 heteroatoms. The summed E-state index contributed by atoms with van der Waals surface area (Å²) in [6, 6.07) is 0. The molecule has 0 fully saturated rings. The molecule has 1 rings (SSSR count). The van der Waals surface area contributed by atoms with Crippen molar-refractivity contribution >= 4 is 16.2 Å². The van der Waals surface area contributed by atoms with Crippen molar-refractivity contribution in [3.8, 4) is 0 Å². The lowest BCUT2D eigenvalue weighted by Crippen LogP contribution is -2.46. The molecule has 1 unspecified atom stereocenters. The van der Waals surface area contributed by atoms with Gasteiger partial charge in [0.05, 0.1) is 0 Å². The Balaban J connectivity index is 2.96. The number of amides is 1. The summed E-state index contributed by atoms with van der Waals surface area (Å²) < 4.78 is 68.8. The van der Waals surface area contributed by atoms with Gasteiger partial charge in [0, 0.05) is 6.54 Å². The molecule has 0 saturated carbocycles. The van der Waals surface area contributed by atoms with Crippen molar-refractivity contribution in [1.29, 1.82) is 0 Å². The van der Waals surface area contributed by atoms with E-state index in [9.17, 15) is 26.4 Å². The molecule has 128 valence electrons. The number of halogens is 3. The van der Waals surface area contributed by atoms with E-state index in [1.807, 2.05) is 0 Å². The van der Waals surface area contributed by atoms with E-state index in [-0.39, 0.29) is 19.4 Å². The SMILES string of the molecule is CC(C)(C)OC(=O)N1CC=CCCC1OS(=O)(=O)C(F)(F)F. The Hall–Kier alpha value is -1.29. The standard InChI is InChI=1S/C12H18F3NO5S/c1-11(2,3)20-10(17)16-8-6-4-5-7-9(16)21-22(18,19)12(13,14)15/h4,6,9H,5,7-8H2,1-3H3. The van der Waals surface area contributed by atoms with Crippen molar-refractivity contribution in [3.63, 3.8) is 0 Å². The number of hydrogen-bond acceptors (Lipinski definition) is 5. The average Bonchev–Trinajstić information content (AvgIpc) is 2.50. The first kappa shape index (κ1) is 18.8. The normalized spacial score (nSPS) is 20.6. The third-order valence-corrected chi connectivity index (χ3v) is 3.59. The number of rotatable bonds is 2. The first-order chi connectivity index (χ1) is 9.83. The molecular formula is C12H18F3NO5S. The summed E-state index contributed by atoms with van der Waals surface area (Å²) in [5.74, 6) is 0. The average molecular weight is 345 g/mol. The fraction of sp³-hybridized carbons (Fsp3) is 0.750. The molecule has 1 aliphatic heterocycles. The maximum absolute atomic E-state index is 12.4. The summed E-state index contributed by atoms with van der Waals surface area (Å²) >= 11 is 0. The van der Waals surface area contributed by atoms with E-state index in [0.717, 1.165) is 4.90 Å². The molecule has 0 N–H and O–H groups in total. The van der Waals surface area contributed by atoms with Crippen LogP contribution in [-0.2, 0) is 19.0 Å². The van der Waals surface area contributed by atoms with Gasteiger partial charge in [-0.15, -0.1) is 0 Å². The smallest absolute Gasteiger partial charge is 0.444 e. The lowest BCUT2D eigenvalue weighted by Gasteiger charge is -2.31. The minimum absolute atomic E-state index is 0.0922. The molecule has 0 aromatic rings. The highest BCUT2D eigenvalue weighted by molar-refractivity contribution is 7.87. The van der Waals surface area contributed by atoms with Gasteiger partial charge in [0.25, 0.3) is 0 Å².